The van der Waals surface area contributed by atoms with Crippen molar-refractivity contribution in [2.45, 2.75) is 39.0 Å². The Morgan fingerprint density at radius 2 is 1.73 bits per heavy atom. The second-order valence-corrected chi connectivity index (χ2v) is 9.17. The molecule has 4 aromatic rings. The average molecular weight is 431 g/mol. The zero-order valence-corrected chi connectivity index (χ0v) is 17.7. The number of alkyl halides is 2. The number of nitrogens with one attached hydrogen (secondary N) is 2. The van der Waals surface area contributed by atoms with Crippen molar-refractivity contribution in [3.8, 4) is 0 Å². The summed E-state index contributed by atoms with van der Waals surface area (Å²) in [4.78, 5) is 9.33. The highest BCUT2D eigenvalue weighted by Crippen LogP contribution is 2.40. The Balaban J connectivity index is 1.88. The number of aromatic amines is 1. The van der Waals surface area contributed by atoms with Crippen LogP contribution >= 0.6 is 11.3 Å². The molecule has 9 heteroatoms. The van der Waals surface area contributed by atoms with E-state index < -0.39 is 17.6 Å². The number of H-pyrrole nitrogens is 1. The van der Waals surface area contributed by atoms with Crippen LogP contribution < -0.4 is 5.32 Å². The average Bonchev–Trinajstić information content (AvgIpc) is 3.28. The zero-order chi connectivity index (χ0) is 21.7. The van der Waals surface area contributed by atoms with Gasteiger partial charge >= 0.3 is 5.92 Å². The summed E-state index contributed by atoms with van der Waals surface area (Å²) in [7, 11) is 0. The fraction of sp³-hybridized carbons (Fsp3) is 0.286. The minimum absolute atomic E-state index is 0.175. The summed E-state index contributed by atoms with van der Waals surface area (Å²) in [6.45, 7) is 7.97. The molecule has 4 rings (SSSR count). The van der Waals surface area contributed by atoms with Gasteiger partial charge in [-0.2, -0.15) is 13.9 Å². The summed E-state index contributed by atoms with van der Waals surface area (Å²) in [5, 5.41) is 9.95. The van der Waals surface area contributed by atoms with E-state index in [9.17, 15) is 4.39 Å². The van der Waals surface area contributed by atoms with E-state index in [0.29, 0.717) is 16.0 Å². The molecule has 0 saturated carbocycles. The third-order valence-corrected chi connectivity index (χ3v) is 6.11. The van der Waals surface area contributed by atoms with Crippen LogP contribution in [0.3, 0.4) is 0 Å². The zero-order valence-electron chi connectivity index (χ0n) is 16.8. The first kappa shape index (κ1) is 20.3. The van der Waals surface area contributed by atoms with Gasteiger partial charge in [-0.1, -0.05) is 20.8 Å². The lowest BCUT2D eigenvalue weighted by Crippen LogP contribution is -2.20. The van der Waals surface area contributed by atoms with Crippen molar-refractivity contribution in [3.63, 3.8) is 0 Å². The van der Waals surface area contributed by atoms with Crippen molar-refractivity contribution in [1.82, 2.24) is 20.2 Å². The van der Waals surface area contributed by atoms with Gasteiger partial charge in [-0.05, 0) is 42.7 Å². The van der Waals surface area contributed by atoms with Crippen LogP contribution in [0, 0.1) is 12.7 Å². The number of halogens is 3. The highest BCUT2D eigenvalue weighted by molar-refractivity contribution is 7.19. The number of hydrogen-bond acceptors (Lipinski definition) is 5. The van der Waals surface area contributed by atoms with Crippen LogP contribution in [0.2, 0.25) is 0 Å². The van der Waals surface area contributed by atoms with Gasteiger partial charge in [0.05, 0.1) is 10.2 Å². The predicted octanol–water partition coefficient (Wildman–Crippen LogP) is 6.04. The Hall–Kier alpha value is -2.94. The summed E-state index contributed by atoms with van der Waals surface area (Å²) in [5.41, 5.74) is 0.689. The minimum atomic E-state index is -3.50. The van der Waals surface area contributed by atoms with Gasteiger partial charge in [0.2, 0.25) is 5.82 Å². The molecular formula is C21H20F3N5S. The van der Waals surface area contributed by atoms with E-state index in [1.165, 1.54) is 11.3 Å². The molecule has 0 saturated heterocycles. The Labute approximate surface area is 175 Å². The molecule has 0 unspecified atom stereocenters. The second-order valence-electron chi connectivity index (χ2n) is 8.11. The van der Waals surface area contributed by atoms with Gasteiger partial charge < -0.3 is 5.32 Å². The van der Waals surface area contributed by atoms with Gasteiger partial charge in [-0.15, -0.1) is 11.3 Å². The molecule has 2 N–H and O–H groups in total. The first-order valence-corrected chi connectivity index (χ1v) is 10.1. The lowest BCUT2D eigenvalue weighted by molar-refractivity contribution is 0.0333. The van der Waals surface area contributed by atoms with Gasteiger partial charge in [-0.25, -0.2) is 14.4 Å². The maximum atomic E-state index is 15.2. The second kappa shape index (κ2) is 7.09. The lowest BCUT2D eigenvalue weighted by Gasteiger charge is -2.16. The number of thiophene rings is 1. The van der Waals surface area contributed by atoms with E-state index >= 15 is 8.78 Å². The molecule has 0 fully saturated rings. The van der Waals surface area contributed by atoms with Crippen molar-refractivity contribution in [2.24, 2.45) is 0 Å². The number of aromatic nitrogens is 4. The van der Waals surface area contributed by atoms with Crippen molar-refractivity contribution < 1.29 is 13.2 Å². The molecule has 1 aromatic carbocycles. The normalized spacial score (nSPS) is 12.5. The third-order valence-electron chi connectivity index (χ3n) is 4.55. The van der Waals surface area contributed by atoms with Gasteiger partial charge in [0.1, 0.15) is 5.82 Å². The molecule has 3 heterocycles. The number of nitrogens with zero attached hydrogens (tertiary/aromatic N) is 3. The number of anilines is 2. The predicted molar refractivity (Wildman–Crippen MR) is 112 cm³/mol. The Bertz CT molecular complexity index is 1210. The Morgan fingerprint density at radius 1 is 1.03 bits per heavy atom. The Kier molecular flexibility index (Phi) is 4.80. The number of benzene rings is 1. The van der Waals surface area contributed by atoms with E-state index in [4.69, 9.17) is 0 Å². The highest BCUT2D eigenvalue weighted by Gasteiger charge is 2.38. The van der Waals surface area contributed by atoms with Crippen LogP contribution in [0.25, 0.3) is 10.2 Å². The van der Waals surface area contributed by atoms with E-state index in [-0.39, 0.29) is 16.8 Å². The molecule has 0 spiro atoms. The Morgan fingerprint density at radius 3 is 2.33 bits per heavy atom. The molecule has 156 valence electrons. The largest absolute Gasteiger partial charge is 0.331 e. The van der Waals surface area contributed by atoms with Crippen LogP contribution in [-0.4, -0.2) is 20.2 Å². The maximum Gasteiger partial charge on any atom is 0.331 e. The monoisotopic (exact) mass is 431 g/mol. The fourth-order valence-corrected chi connectivity index (χ4v) is 4.02. The highest BCUT2D eigenvalue weighted by atomic mass is 32.1. The summed E-state index contributed by atoms with van der Waals surface area (Å²) < 4.78 is 44.3. The topological polar surface area (TPSA) is 66.5 Å². The molecule has 0 amide bonds. The summed E-state index contributed by atoms with van der Waals surface area (Å²) in [6, 6.07) is 7.64. The third kappa shape index (κ3) is 3.77. The molecule has 0 radical (unpaired) electrons. The first-order chi connectivity index (χ1) is 14.0. The van der Waals surface area contributed by atoms with Crippen LogP contribution in [0.15, 0.2) is 36.4 Å². The van der Waals surface area contributed by atoms with E-state index in [0.717, 1.165) is 34.8 Å². The summed E-state index contributed by atoms with van der Waals surface area (Å²) in [6.07, 6.45) is 0. The summed E-state index contributed by atoms with van der Waals surface area (Å²) in [5.74, 6) is -4.02. The standard InChI is InChI=1S/C21H20F3N5S/c1-11-9-16(29-28-11)26-18-17-14(10-15(30-17)20(2,3)4)25-19(27-18)21(23,24)12-5-7-13(22)8-6-12/h5-10H,1-4H3,(H2,25,26,27,28,29). The van der Waals surface area contributed by atoms with Crippen LogP contribution in [0.4, 0.5) is 24.8 Å². The van der Waals surface area contributed by atoms with Gasteiger partial charge in [0.25, 0.3) is 0 Å². The molecule has 5 nitrogen and oxygen atoms in total. The maximum absolute atomic E-state index is 15.2. The van der Waals surface area contributed by atoms with Crippen LogP contribution in [0.1, 0.15) is 42.7 Å². The SMILES string of the molecule is Cc1cc(Nc2nc(C(F)(F)c3ccc(F)cc3)nc3cc(C(C)(C)C)sc23)n[nH]1. The van der Waals surface area contributed by atoms with E-state index in [2.05, 4.69) is 25.5 Å². The lowest BCUT2D eigenvalue weighted by atomic mass is 9.95. The summed E-state index contributed by atoms with van der Waals surface area (Å²) >= 11 is 1.45. The smallest absolute Gasteiger partial charge is 0.322 e. The van der Waals surface area contributed by atoms with Gasteiger partial charge in [-0.3, -0.25) is 5.10 Å². The minimum Gasteiger partial charge on any atom is -0.322 e. The molecule has 30 heavy (non-hydrogen) atoms. The van der Waals surface area contributed by atoms with Crippen LogP contribution in [-0.2, 0) is 11.3 Å². The molecule has 0 aliphatic heterocycles. The number of aryl methyl sites for hydroxylation is 1. The molecule has 0 bridgehead atoms. The van der Waals surface area contributed by atoms with Crippen molar-refractivity contribution in [3.05, 3.63) is 64.2 Å². The van der Waals surface area contributed by atoms with E-state index in [1.54, 1.807) is 6.07 Å². The fourth-order valence-electron chi connectivity index (χ4n) is 2.92. The van der Waals surface area contributed by atoms with Crippen molar-refractivity contribution in [2.75, 3.05) is 5.32 Å². The van der Waals surface area contributed by atoms with E-state index in [1.807, 2.05) is 33.8 Å². The van der Waals surface area contributed by atoms with Gasteiger partial charge in [0, 0.05) is 22.2 Å². The van der Waals surface area contributed by atoms with Crippen molar-refractivity contribution in [1.29, 1.82) is 0 Å². The number of fused-ring (bicyclic) bond motifs is 1. The first-order valence-electron chi connectivity index (χ1n) is 9.29. The molecule has 0 atom stereocenters. The number of rotatable bonds is 4. The molecule has 0 aliphatic rings. The number of hydrogen-bond donors (Lipinski definition) is 2. The van der Waals surface area contributed by atoms with Crippen LogP contribution in [0.5, 0.6) is 0 Å². The molecular weight excluding hydrogens is 411 g/mol. The quantitative estimate of drug-likeness (QED) is 0.413. The van der Waals surface area contributed by atoms with Gasteiger partial charge in [0.15, 0.2) is 11.6 Å². The molecule has 3 aromatic heterocycles. The van der Waals surface area contributed by atoms with Crippen molar-refractivity contribution >= 4 is 33.2 Å². The molecule has 0 aliphatic carbocycles.